The molecule has 0 saturated carbocycles. The number of nitrogens with one attached hydrogen (secondary N) is 1. The van der Waals surface area contributed by atoms with Gasteiger partial charge >= 0.3 is 0 Å². The first kappa shape index (κ1) is 8.73. The molecule has 0 bridgehead atoms. The number of aromatic nitrogens is 1. The van der Waals surface area contributed by atoms with E-state index in [2.05, 4.69) is 32.8 Å². The highest BCUT2D eigenvalue weighted by Crippen LogP contribution is 2.39. The van der Waals surface area contributed by atoms with Crippen LogP contribution in [-0.2, 0) is 0 Å². The number of benzene rings is 1. The van der Waals surface area contributed by atoms with E-state index in [-0.39, 0.29) is 0 Å². The molecule has 1 aromatic carbocycles. The lowest BCUT2D eigenvalue weighted by molar-refractivity contribution is 0.464. The van der Waals surface area contributed by atoms with E-state index < -0.39 is 0 Å². The van der Waals surface area contributed by atoms with Gasteiger partial charge in [0.15, 0.2) is 11.6 Å². The number of nitrogens with zero attached hydrogens (tertiary/aromatic N) is 1. The molecule has 0 unspecified atom stereocenters. The standard InChI is InChI=1S/C11H7BrN2O/c1-6-14-10-5-13-9-3-2-7(12)4-8(9)11(10)15-6/h2-5,14H,1H2. The van der Waals surface area contributed by atoms with Crippen LogP contribution in [0.4, 0.5) is 5.69 Å². The fourth-order valence-electron chi connectivity index (χ4n) is 1.64. The Balaban J connectivity index is 2.38. The smallest absolute Gasteiger partial charge is 0.190 e. The van der Waals surface area contributed by atoms with Crippen LogP contribution >= 0.6 is 15.9 Å². The number of fused-ring (bicyclic) bond motifs is 3. The largest absolute Gasteiger partial charge is 0.439 e. The Morgan fingerprint density at radius 3 is 3.13 bits per heavy atom. The Morgan fingerprint density at radius 2 is 2.27 bits per heavy atom. The van der Waals surface area contributed by atoms with Crippen molar-refractivity contribution in [3.8, 4) is 5.75 Å². The van der Waals surface area contributed by atoms with Crippen LogP contribution in [0.5, 0.6) is 5.75 Å². The average molecular weight is 263 g/mol. The van der Waals surface area contributed by atoms with Crippen LogP contribution in [0, 0.1) is 0 Å². The Bertz CT molecular complexity index is 580. The van der Waals surface area contributed by atoms with Crippen LogP contribution in [0.1, 0.15) is 0 Å². The molecule has 74 valence electrons. The highest BCUT2D eigenvalue weighted by atomic mass is 79.9. The molecule has 4 heteroatoms. The predicted molar refractivity (Wildman–Crippen MR) is 62.8 cm³/mol. The average Bonchev–Trinajstić information content (AvgIpc) is 2.58. The number of hydrogen-bond acceptors (Lipinski definition) is 3. The van der Waals surface area contributed by atoms with Gasteiger partial charge in [-0.15, -0.1) is 0 Å². The maximum atomic E-state index is 5.51. The van der Waals surface area contributed by atoms with Gasteiger partial charge in [0.2, 0.25) is 0 Å². The second-order valence-corrected chi connectivity index (χ2v) is 4.23. The summed E-state index contributed by atoms with van der Waals surface area (Å²) in [5.41, 5.74) is 1.78. The molecule has 0 amide bonds. The van der Waals surface area contributed by atoms with Gasteiger partial charge in [-0.3, -0.25) is 4.98 Å². The van der Waals surface area contributed by atoms with Gasteiger partial charge in [0.25, 0.3) is 0 Å². The molecule has 3 rings (SSSR count). The van der Waals surface area contributed by atoms with Gasteiger partial charge < -0.3 is 10.1 Å². The molecule has 3 nitrogen and oxygen atoms in total. The zero-order valence-corrected chi connectivity index (χ0v) is 9.34. The molecule has 1 aliphatic heterocycles. The monoisotopic (exact) mass is 262 g/mol. The first-order valence-corrected chi connectivity index (χ1v) is 5.25. The number of hydrogen-bond donors (Lipinski definition) is 1. The van der Waals surface area contributed by atoms with Crippen molar-refractivity contribution in [3.05, 3.63) is 41.3 Å². The second-order valence-electron chi connectivity index (χ2n) is 3.31. The summed E-state index contributed by atoms with van der Waals surface area (Å²) in [5, 5.41) is 3.99. The number of halogens is 1. The molecule has 15 heavy (non-hydrogen) atoms. The van der Waals surface area contributed by atoms with Crippen molar-refractivity contribution in [1.82, 2.24) is 4.98 Å². The van der Waals surface area contributed by atoms with Crippen LogP contribution in [-0.4, -0.2) is 4.98 Å². The van der Waals surface area contributed by atoms with Gasteiger partial charge in [-0.25, -0.2) is 0 Å². The summed E-state index contributed by atoms with van der Waals surface area (Å²) in [7, 11) is 0. The van der Waals surface area contributed by atoms with Gasteiger partial charge in [-0.1, -0.05) is 15.9 Å². The number of rotatable bonds is 0. The van der Waals surface area contributed by atoms with Crippen molar-refractivity contribution in [3.63, 3.8) is 0 Å². The normalized spacial score (nSPS) is 13.5. The van der Waals surface area contributed by atoms with Crippen molar-refractivity contribution >= 4 is 32.5 Å². The second kappa shape index (κ2) is 2.97. The molecule has 0 saturated heterocycles. The zero-order chi connectivity index (χ0) is 10.4. The highest BCUT2D eigenvalue weighted by molar-refractivity contribution is 9.10. The van der Waals surface area contributed by atoms with Crippen molar-refractivity contribution < 1.29 is 4.74 Å². The number of ether oxygens (including phenoxy) is 1. The molecular formula is C11H7BrN2O. The minimum Gasteiger partial charge on any atom is -0.439 e. The topological polar surface area (TPSA) is 34.2 Å². The van der Waals surface area contributed by atoms with Crippen molar-refractivity contribution in [2.45, 2.75) is 0 Å². The number of anilines is 1. The lowest BCUT2D eigenvalue weighted by Gasteiger charge is -2.02. The number of pyridine rings is 1. The summed E-state index contributed by atoms with van der Waals surface area (Å²) < 4.78 is 6.51. The molecule has 2 heterocycles. The first-order valence-electron chi connectivity index (χ1n) is 4.46. The Labute approximate surface area is 94.9 Å². The summed E-state index contributed by atoms with van der Waals surface area (Å²) >= 11 is 3.43. The molecule has 1 aromatic heterocycles. The van der Waals surface area contributed by atoms with Gasteiger partial charge in [0, 0.05) is 9.86 Å². The molecule has 1 N–H and O–H groups in total. The van der Waals surface area contributed by atoms with E-state index >= 15 is 0 Å². The Hall–Kier alpha value is -1.55. The summed E-state index contributed by atoms with van der Waals surface area (Å²) in [5.74, 6) is 1.34. The van der Waals surface area contributed by atoms with E-state index in [9.17, 15) is 0 Å². The fraction of sp³-hybridized carbons (Fsp3) is 0. The van der Waals surface area contributed by atoms with Crippen LogP contribution < -0.4 is 10.1 Å². The molecule has 2 aromatic rings. The van der Waals surface area contributed by atoms with Crippen molar-refractivity contribution in [2.24, 2.45) is 0 Å². The zero-order valence-electron chi connectivity index (χ0n) is 7.75. The van der Waals surface area contributed by atoms with E-state index in [1.54, 1.807) is 6.20 Å². The van der Waals surface area contributed by atoms with Crippen LogP contribution in [0.25, 0.3) is 10.9 Å². The van der Waals surface area contributed by atoms with Gasteiger partial charge in [-0.2, -0.15) is 0 Å². The molecule has 0 aliphatic carbocycles. The molecular weight excluding hydrogens is 256 g/mol. The van der Waals surface area contributed by atoms with E-state index in [0.29, 0.717) is 5.88 Å². The maximum absolute atomic E-state index is 5.51. The third-order valence-corrected chi connectivity index (χ3v) is 2.77. The Morgan fingerprint density at radius 1 is 1.40 bits per heavy atom. The van der Waals surface area contributed by atoms with E-state index in [4.69, 9.17) is 4.74 Å². The lowest BCUT2D eigenvalue weighted by Crippen LogP contribution is -1.92. The quantitative estimate of drug-likeness (QED) is 0.792. The first-order chi connectivity index (χ1) is 7.24. The summed E-state index contributed by atoms with van der Waals surface area (Å²) in [6.45, 7) is 3.73. The van der Waals surface area contributed by atoms with Gasteiger partial charge in [0.1, 0.15) is 5.69 Å². The third kappa shape index (κ3) is 1.29. The third-order valence-electron chi connectivity index (χ3n) is 2.28. The summed E-state index contributed by atoms with van der Waals surface area (Å²) in [6, 6.07) is 5.89. The fourth-order valence-corrected chi connectivity index (χ4v) is 2.00. The highest BCUT2D eigenvalue weighted by Gasteiger charge is 2.18. The molecule has 0 spiro atoms. The van der Waals surface area contributed by atoms with Crippen LogP contribution in [0.2, 0.25) is 0 Å². The minimum absolute atomic E-state index is 0.541. The minimum atomic E-state index is 0.541. The van der Waals surface area contributed by atoms with Crippen molar-refractivity contribution in [1.29, 1.82) is 0 Å². The summed E-state index contributed by atoms with van der Waals surface area (Å²) in [6.07, 6.45) is 1.75. The van der Waals surface area contributed by atoms with E-state index in [1.165, 1.54) is 0 Å². The SMILES string of the molecule is C=C1Nc2cnc3ccc(Br)cc3c2O1. The maximum Gasteiger partial charge on any atom is 0.190 e. The van der Waals surface area contributed by atoms with E-state index in [1.807, 2.05) is 18.2 Å². The van der Waals surface area contributed by atoms with E-state index in [0.717, 1.165) is 26.8 Å². The summed E-state index contributed by atoms with van der Waals surface area (Å²) in [4.78, 5) is 4.32. The van der Waals surface area contributed by atoms with Crippen LogP contribution in [0.15, 0.2) is 41.3 Å². The lowest BCUT2D eigenvalue weighted by atomic mass is 10.2. The van der Waals surface area contributed by atoms with Crippen LogP contribution in [0.3, 0.4) is 0 Å². The molecule has 1 aliphatic rings. The molecule has 0 fully saturated rings. The Kier molecular flexibility index (Phi) is 1.73. The molecule has 0 atom stereocenters. The molecule has 0 radical (unpaired) electrons. The van der Waals surface area contributed by atoms with Crippen molar-refractivity contribution in [2.75, 3.05) is 5.32 Å². The van der Waals surface area contributed by atoms with Gasteiger partial charge in [0.05, 0.1) is 11.7 Å². The predicted octanol–water partition coefficient (Wildman–Crippen LogP) is 3.27. The van der Waals surface area contributed by atoms with Gasteiger partial charge in [-0.05, 0) is 24.8 Å².